The normalized spacial score (nSPS) is 20.4. The Balaban J connectivity index is 1.87. The number of nitrogens with one attached hydrogen (secondary N) is 1. The van der Waals surface area contributed by atoms with Crippen molar-refractivity contribution < 1.29 is 18.4 Å². The SMILES string of the molecule is CN1C(=O)CC[C@@H](C(=O)Nc2ccc(F)cc2)[C@@H]1c1cccc(F)c1. The molecule has 2 aromatic carbocycles. The fourth-order valence-electron chi connectivity index (χ4n) is 3.23. The molecule has 0 spiro atoms. The lowest BCUT2D eigenvalue weighted by Gasteiger charge is -2.38. The van der Waals surface area contributed by atoms with Crippen LogP contribution in [0.2, 0.25) is 0 Å². The summed E-state index contributed by atoms with van der Waals surface area (Å²) >= 11 is 0. The van der Waals surface area contributed by atoms with Crippen LogP contribution in [-0.2, 0) is 9.59 Å². The molecule has 130 valence electrons. The lowest BCUT2D eigenvalue weighted by molar-refractivity contribution is -0.140. The number of carbonyl (C=O) groups is 2. The third-order valence-corrected chi connectivity index (χ3v) is 4.50. The van der Waals surface area contributed by atoms with Gasteiger partial charge in [0.15, 0.2) is 0 Å². The number of hydrogen-bond acceptors (Lipinski definition) is 2. The van der Waals surface area contributed by atoms with Crippen molar-refractivity contribution in [2.24, 2.45) is 5.92 Å². The predicted molar refractivity (Wildman–Crippen MR) is 89.7 cm³/mol. The Hall–Kier alpha value is -2.76. The molecular formula is C19H18F2N2O2. The number of piperidine rings is 1. The van der Waals surface area contributed by atoms with Crippen LogP contribution in [0.1, 0.15) is 24.4 Å². The summed E-state index contributed by atoms with van der Waals surface area (Å²) in [6, 6.07) is 10.9. The van der Waals surface area contributed by atoms with Crippen molar-refractivity contribution in [1.29, 1.82) is 0 Å². The zero-order valence-corrected chi connectivity index (χ0v) is 13.7. The molecule has 1 heterocycles. The molecule has 1 aliphatic heterocycles. The van der Waals surface area contributed by atoms with E-state index < -0.39 is 23.6 Å². The summed E-state index contributed by atoms with van der Waals surface area (Å²) in [5, 5.41) is 2.75. The summed E-state index contributed by atoms with van der Waals surface area (Å²) in [6.07, 6.45) is 0.626. The highest BCUT2D eigenvalue weighted by Gasteiger charge is 2.39. The monoisotopic (exact) mass is 344 g/mol. The number of hydrogen-bond donors (Lipinski definition) is 1. The Morgan fingerprint density at radius 3 is 2.52 bits per heavy atom. The Kier molecular flexibility index (Phi) is 4.79. The molecule has 6 heteroatoms. The van der Waals surface area contributed by atoms with Gasteiger partial charge in [0, 0.05) is 19.2 Å². The minimum atomic E-state index is -0.544. The quantitative estimate of drug-likeness (QED) is 0.926. The summed E-state index contributed by atoms with van der Waals surface area (Å²) < 4.78 is 26.6. The van der Waals surface area contributed by atoms with Crippen LogP contribution in [0.3, 0.4) is 0 Å². The lowest BCUT2D eigenvalue weighted by Crippen LogP contribution is -2.44. The summed E-state index contributed by atoms with van der Waals surface area (Å²) in [4.78, 5) is 26.3. The number of anilines is 1. The molecule has 3 rings (SSSR count). The lowest BCUT2D eigenvalue weighted by atomic mass is 9.84. The van der Waals surface area contributed by atoms with E-state index >= 15 is 0 Å². The van der Waals surface area contributed by atoms with Crippen molar-refractivity contribution >= 4 is 17.5 Å². The molecule has 2 atom stereocenters. The van der Waals surface area contributed by atoms with E-state index in [1.165, 1.54) is 41.3 Å². The first-order valence-corrected chi connectivity index (χ1v) is 8.03. The first-order chi connectivity index (χ1) is 12.0. The van der Waals surface area contributed by atoms with Gasteiger partial charge in [0.1, 0.15) is 11.6 Å². The van der Waals surface area contributed by atoms with Crippen LogP contribution < -0.4 is 5.32 Å². The maximum atomic E-state index is 13.6. The number of likely N-dealkylation sites (tertiary alicyclic amines) is 1. The fourth-order valence-corrected chi connectivity index (χ4v) is 3.23. The molecule has 2 aromatic rings. The summed E-state index contributed by atoms with van der Waals surface area (Å²) in [5.41, 5.74) is 1.05. The maximum Gasteiger partial charge on any atom is 0.229 e. The Labute approximate surface area is 144 Å². The second-order valence-corrected chi connectivity index (χ2v) is 6.15. The molecule has 4 nitrogen and oxygen atoms in total. The largest absolute Gasteiger partial charge is 0.338 e. The van der Waals surface area contributed by atoms with Crippen molar-refractivity contribution in [2.45, 2.75) is 18.9 Å². The van der Waals surface area contributed by atoms with E-state index in [4.69, 9.17) is 0 Å². The van der Waals surface area contributed by atoms with Crippen LogP contribution in [0.5, 0.6) is 0 Å². The van der Waals surface area contributed by atoms with Gasteiger partial charge in [-0.15, -0.1) is 0 Å². The van der Waals surface area contributed by atoms with Crippen LogP contribution in [0.4, 0.5) is 14.5 Å². The molecule has 0 aliphatic carbocycles. The van der Waals surface area contributed by atoms with Crippen molar-refractivity contribution in [3.8, 4) is 0 Å². The second kappa shape index (κ2) is 7.01. The number of benzene rings is 2. The molecular weight excluding hydrogens is 326 g/mol. The van der Waals surface area contributed by atoms with Crippen molar-refractivity contribution in [3.05, 3.63) is 65.7 Å². The average Bonchev–Trinajstić information content (AvgIpc) is 2.59. The molecule has 1 saturated heterocycles. The molecule has 0 bridgehead atoms. The van der Waals surface area contributed by atoms with Gasteiger partial charge in [0.05, 0.1) is 12.0 Å². The Bertz CT molecular complexity index is 792. The smallest absolute Gasteiger partial charge is 0.229 e. The van der Waals surface area contributed by atoms with Gasteiger partial charge in [-0.3, -0.25) is 9.59 Å². The maximum absolute atomic E-state index is 13.6. The van der Waals surface area contributed by atoms with Gasteiger partial charge in [-0.05, 0) is 48.4 Å². The van der Waals surface area contributed by atoms with Crippen LogP contribution in [0, 0.1) is 17.6 Å². The number of rotatable bonds is 3. The van der Waals surface area contributed by atoms with Crippen LogP contribution in [-0.4, -0.2) is 23.8 Å². The topological polar surface area (TPSA) is 49.4 Å². The zero-order valence-electron chi connectivity index (χ0n) is 13.7. The molecule has 0 unspecified atom stereocenters. The average molecular weight is 344 g/mol. The fraction of sp³-hybridized carbons (Fsp3) is 0.263. The van der Waals surface area contributed by atoms with Gasteiger partial charge < -0.3 is 10.2 Å². The van der Waals surface area contributed by atoms with Gasteiger partial charge in [0.2, 0.25) is 11.8 Å². The van der Waals surface area contributed by atoms with Crippen LogP contribution in [0.15, 0.2) is 48.5 Å². The molecule has 2 amide bonds. The van der Waals surface area contributed by atoms with E-state index in [1.54, 1.807) is 19.2 Å². The van der Waals surface area contributed by atoms with E-state index in [-0.39, 0.29) is 18.2 Å². The first kappa shape index (κ1) is 17.1. The highest BCUT2D eigenvalue weighted by Crippen LogP contribution is 2.36. The molecule has 25 heavy (non-hydrogen) atoms. The van der Waals surface area contributed by atoms with E-state index in [0.717, 1.165) is 0 Å². The Morgan fingerprint density at radius 2 is 1.84 bits per heavy atom. The molecule has 1 aliphatic rings. The Morgan fingerprint density at radius 1 is 1.12 bits per heavy atom. The highest BCUT2D eigenvalue weighted by molar-refractivity contribution is 5.94. The molecule has 0 saturated carbocycles. The van der Waals surface area contributed by atoms with Gasteiger partial charge in [-0.1, -0.05) is 12.1 Å². The third kappa shape index (κ3) is 3.68. The van der Waals surface area contributed by atoms with Gasteiger partial charge in [-0.2, -0.15) is 0 Å². The minimum absolute atomic E-state index is 0.0832. The standard InChI is InChI=1S/C19H18F2N2O2/c1-23-17(24)10-9-16(18(23)12-3-2-4-14(21)11-12)19(25)22-15-7-5-13(20)6-8-15/h2-8,11,16,18H,9-10H2,1H3,(H,22,25)/t16-,18+/m1/s1. The van der Waals surface area contributed by atoms with E-state index in [1.807, 2.05) is 0 Å². The minimum Gasteiger partial charge on any atom is -0.338 e. The summed E-state index contributed by atoms with van der Waals surface area (Å²) in [7, 11) is 1.62. The molecule has 0 radical (unpaired) electrons. The van der Waals surface area contributed by atoms with E-state index in [2.05, 4.69) is 5.32 Å². The van der Waals surface area contributed by atoms with Gasteiger partial charge in [-0.25, -0.2) is 8.78 Å². The second-order valence-electron chi connectivity index (χ2n) is 6.15. The van der Waals surface area contributed by atoms with Crippen molar-refractivity contribution in [3.63, 3.8) is 0 Å². The van der Waals surface area contributed by atoms with Gasteiger partial charge >= 0.3 is 0 Å². The highest BCUT2D eigenvalue weighted by atomic mass is 19.1. The number of amides is 2. The summed E-state index contributed by atoms with van der Waals surface area (Å²) in [5.74, 6) is -1.69. The van der Waals surface area contributed by atoms with Crippen molar-refractivity contribution in [1.82, 2.24) is 4.90 Å². The predicted octanol–water partition coefficient (Wildman–Crippen LogP) is 3.51. The first-order valence-electron chi connectivity index (χ1n) is 8.03. The number of nitrogens with zero attached hydrogens (tertiary/aromatic N) is 1. The van der Waals surface area contributed by atoms with E-state index in [9.17, 15) is 18.4 Å². The third-order valence-electron chi connectivity index (χ3n) is 4.50. The van der Waals surface area contributed by atoms with E-state index in [0.29, 0.717) is 17.7 Å². The number of carbonyl (C=O) groups excluding carboxylic acids is 2. The molecule has 0 aromatic heterocycles. The zero-order chi connectivity index (χ0) is 18.0. The molecule has 1 N–H and O–H groups in total. The van der Waals surface area contributed by atoms with Gasteiger partial charge in [0.25, 0.3) is 0 Å². The van der Waals surface area contributed by atoms with Crippen molar-refractivity contribution in [2.75, 3.05) is 12.4 Å². The van der Waals surface area contributed by atoms with Crippen LogP contribution >= 0.6 is 0 Å². The number of halogens is 2. The summed E-state index contributed by atoms with van der Waals surface area (Å²) in [6.45, 7) is 0. The van der Waals surface area contributed by atoms with Crippen LogP contribution in [0.25, 0.3) is 0 Å². The molecule has 1 fully saturated rings.